The number of benzene rings is 5. The molecule has 0 saturated carbocycles. The van der Waals surface area contributed by atoms with Gasteiger partial charge in [-0.05, 0) is 105 Å². The lowest BCUT2D eigenvalue weighted by atomic mass is 10.0. The number of aryl methyl sites for hydroxylation is 2. The van der Waals surface area contributed by atoms with E-state index in [1.54, 1.807) is 104 Å². The normalized spacial score (nSPS) is 15.0. The van der Waals surface area contributed by atoms with Crippen LogP contribution in [0, 0.1) is 0 Å². The van der Waals surface area contributed by atoms with E-state index < -0.39 is 54.2 Å². The van der Waals surface area contributed by atoms with Crippen LogP contribution in [0.5, 0.6) is 11.5 Å². The third-order valence-corrected chi connectivity index (χ3v) is 13.9. The lowest BCUT2D eigenvalue weighted by molar-refractivity contribution is -0.134. The first kappa shape index (κ1) is 56.5. The summed E-state index contributed by atoms with van der Waals surface area (Å²) in [6, 6.07) is 34.8. The van der Waals surface area contributed by atoms with Crippen molar-refractivity contribution in [2.45, 2.75) is 65.9 Å². The Kier molecular flexibility index (Phi) is 22.2. The Bertz CT molecular complexity index is 2910. The van der Waals surface area contributed by atoms with Crippen LogP contribution in [-0.4, -0.2) is 102 Å². The smallest absolute Gasteiger partial charge is 0.328 e. The third kappa shape index (κ3) is 19.7. The molecule has 7 N–H and O–H groups in total. The molecule has 0 aromatic heterocycles. The van der Waals surface area contributed by atoms with Gasteiger partial charge in [-0.15, -0.1) is 0 Å². The van der Waals surface area contributed by atoms with Crippen molar-refractivity contribution in [1.29, 1.82) is 0 Å². The number of rotatable bonds is 18. The number of hydrogen-bond acceptors (Lipinski definition) is 14. The van der Waals surface area contributed by atoms with Crippen molar-refractivity contribution in [1.82, 2.24) is 5.32 Å². The summed E-state index contributed by atoms with van der Waals surface area (Å²) < 4.78 is 96.9. The minimum absolute atomic E-state index is 0.0437. The van der Waals surface area contributed by atoms with Gasteiger partial charge in [0.1, 0.15) is 30.3 Å². The number of anilines is 2. The van der Waals surface area contributed by atoms with Crippen LogP contribution in [0.25, 0.3) is 0 Å². The molecule has 0 aliphatic carbocycles. The molecule has 2 aliphatic heterocycles. The first-order valence-corrected chi connectivity index (χ1v) is 26.2. The van der Waals surface area contributed by atoms with E-state index in [1.165, 1.54) is 30.3 Å². The van der Waals surface area contributed by atoms with Gasteiger partial charge in [0, 0.05) is 43.5 Å². The molecule has 380 valence electrons. The van der Waals surface area contributed by atoms with Crippen LogP contribution in [0.3, 0.4) is 0 Å². The molecule has 0 bridgehead atoms. The topological polar surface area (TPSA) is 298 Å². The molecule has 2 atom stereocenters. The highest BCUT2D eigenvalue weighted by atomic mass is 32.2. The first-order chi connectivity index (χ1) is 33.8. The van der Waals surface area contributed by atoms with Crippen molar-refractivity contribution in [3.8, 4) is 11.5 Å². The van der Waals surface area contributed by atoms with E-state index in [2.05, 4.69) is 14.8 Å². The molecule has 0 spiro atoms. The van der Waals surface area contributed by atoms with Crippen LogP contribution < -0.4 is 24.2 Å². The number of fused-ring (bicyclic) bond motifs is 2. The number of ether oxygens (including phenoxy) is 2. The molecular formula is C49H55N3O16S3. The molecule has 5 aromatic carbocycles. The minimum Gasteiger partial charge on any atom is -0.489 e. The predicted octanol–water partition coefficient (Wildman–Crippen LogP) is 6.10. The summed E-state index contributed by atoms with van der Waals surface area (Å²) in [5, 5.41) is 35.5. The molecule has 0 fully saturated rings. The van der Waals surface area contributed by atoms with Gasteiger partial charge >= 0.3 is 17.9 Å². The Morgan fingerprint density at radius 3 is 1.44 bits per heavy atom. The fourth-order valence-corrected chi connectivity index (χ4v) is 9.54. The summed E-state index contributed by atoms with van der Waals surface area (Å²) in [7, 11) is -11.2. The molecule has 0 amide bonds. The maximum Gasteiger partial charge on any atom is 0.328 e. The number of aliphatic hydroxyl groups excluding tert-OH is 1. The Morgan fingerprint density at radius 1 is 0.606 bits per heavy atom. The number of hydrogen-bond donors (Lipinski definition) is 7. The highest BCUT2D eigenvalue weighted by Crippen LogP contribution is 2.33. The van der Waals surface area contributed by atoms with Crippen LogP contribution >= 0.6 is 0 Å². The van der Waals surface area contributed by atoms with E-state index in [-0.39, 0.29) is 34.0 Å². The molecular weight excluding hydrogens is 983 g/mol. The van der Waals surface area contributed by atoms with Crippen LogP contribution in [0.2, 0.25) is 0 Å². The largest absolute Gasteiger partial charge is 0.489 e. The van der Waals surface area contributed by atoms with Gasteiger partial charge in [0.05, 0.1) is 26.1 Å². The van der Waals surface area contributed by atoms with E-state index in [0.717, 1.165) is 42.3 Å². The highest BCUT2D eigenvalue weighted by Gasteiger charge is 2.25. The molecule has 2 aliphatic rings. The molecule has 2 unspecified atom stereocenters. The number of carbonyl (C=O) groups is 3. The molecule has 5 aromatic rings. The number of aliphatic hydroxyl groups is 1. The summed E-state index contributed by atoms with van der Waals surface area (Å²) in [6.45, 7) is 3.16. The zero-order valence-corrected chi connectivity index (χ0v) is 40.8. The Labute approximate surface area is 412 Å². The monoisotopic (exact) mass is 1040 g/mol. The summed E-state index contributed by atoms with van der Waals surface area (Å²) in [5.74, 6) is -2.18. The van der Waals surface area contributed by atoms with E-state index in [4.69, 9.17) is 34.1 Å². The van der Waals surface area contributed by atoms with Gasteiger partial charge in [-0.2, -0.15) is 8.42 Å². The van der Waals surface area contributed by atoms with Gasteiger partial charge in [-0.25, -0.2) is 31.2 Å². The maximum absolute atomic E-state index is 12.5. The summed E-state index contributed by atoms with van der Waals surface area (Å²) in [4.78, 5) is 29.1. The van der Waals surface area contributed by atoms with Crippen molar-refractivity contribution >= 4 is 59.4 Å². The van der Waals surface area contributed by atoms with Crippen molar-refractivity contribution in [2.24, 2.45) is 0 Å². The summed E-state index contributed by atoms with van der Waals surface area (Å²) in [6.07, 6.45) is 7.03. The van der Waals surface area contributed by atoms with Crippen LogP contribution in [0.15, 0.2) is 166 Å². The quantitative estimate of drug-likeness (QED) is 0.0296. The van der Waals surface area contributed by atoms with Crippen molar-refractivity contribution in [3.05, 3.63) is 163 Å². The maximum atomic E-state index is 12.5. The number of allylic oxidation sites excluding steroid dienone is 1. The number of carboxylic acids is 3. The molecule has 19 nitrogen and oxygen atoms in total. The number of aliphatic carboxylic acids is 3. The molecule has 2 heterocycles. The fraction of sp³-hybridized carbons (Fsp3) is 0.245. The van der Waals surface area contributed by atoms with Crippen molar-refractivity contribution in [2.75, 3.05) is 35.7 Å². The highest BCUT2D eigenvalue weighted by molar-refractivity contribution is 7.93. The van der Waals surface area contributed by atoms with Crippen molar-refractivity contribution in [3.63, 3.8) is 0 Å². The van der Waals surface area contributed by atoms with Gasteiger partial charge in [0.15, 0.2) is 0 Å². The molecule has 22 heteroatoms. The standard InChI is InChI=1S/C22H21NO6S2.C19H24N2O4S.C4H4O4.C4H6O2/c24-30(25,20-7-3-1-4-8-20)23-18-13-11-17-12-14-19(29-22(17)15-18)16-28-31(26,27)21-9-5-2-6-10-21;22-12-4-11-20-14-17-10-8-15-7-9-16(13-19(15)25-17)21-26(23,24)18-5-2-1-3-6-18;5-3(6)1-2-4(7)8;1-2-3-4(5)6/h1-11,13,15,19,23H,12,14,16H2;1-3,5-7,9,13,17,20-22H,4,8,10-12,14H2;1-2H,(H,5,6)(H,7,8);2-3H,1H3,(H,5,6)/b;;2-1+;3-2+. The number of sulfonamides is 2. The third-order valence-electron chi connectivity index (χ3n) is 9.81. The van der Waals surface area contributed by atoms with E-state index >= 15 is 0 Å². The SMILES string of the molecule is C/C=C/C(=O)O.O=C(O)/C=C/C(=O)O.O=S(=O)(Nc1ccc2c(c1)OC(CNCCCO)CC2)c1ccccc1.O=S(=O)(Nc1ccc2c(c1)OC(COS(=O)(=O)c1ccccc1)CC2)c1ccccc1. The second-order valence-electron chi connectivity index (χ2n) is 15.2. The molecule has 7 rings (SSSR count). The van der Waals surface area contributed by atoms with Crippen LogP contribution in [-0.2, 0) is 61.6 Å². The van der Waals surface area contributed by atoms with E-state index in [0.29, 0.717) is 55.1 Å². The van der Waals surface area contributed by atoms with E-state index in [1.807, 2.05) is 6.07 Å². The average Bonchev–Trinajstić information content (AvgIpc) is 3.35. The van der Waals surface area contributed by atoms with Crippen LogP contribution in [0.4, 0.5) is 11.4 Å². The average molecular weight is 1040 g/mol. The van der Waals surface area contributed by atoms with Gasteiger partial charge < -0.3 is 35.2 Å². The second-order valence-corrected chi connectivity index (χ2v) is 20.2. The van der Waals surface area contributed by atoms with Gasteiger partial charge in [-0.3, -0.25) is 13.6 Å². The number of nitrogens with one attached hydrogen (secondary N) is 3. The predicted molar refractivity (Wildman–Crippen MR) is 264 cm³/mol. The van der Waals surface area contributed by atoms with Gasteiger partial charge in [0.25, 0.3) is 30.2 Å². The minimum atomic E-state index is -3.87. The molecule has 0 radical (unpaired) electrons. The van der Waals surface area contributed by atoms with Crippen molar-refractivity contribution < 1.29 is 73.7 Å². The van der Waals surface area contributed by atoms with Gasteiger partial charge in [0.2, 0.25) is 0 Å². The summed E-state index contributed by atoms with van der Waals surface area (Å²) >= 11 is 0. The zero-order chi connectivity index (χ0) is 51.9. The lowest BCUT2D eigenvalue weighted by Crippen LogP contribution is -2.34. The van der Waals surface area contributed by atoms with Gasteiger partial charge in [-0.1, -0.05) is 72.8 Å². The lowest BCUT2D eigenvalue weighted by Gasteiger charge is -2.27. The Hall–Kier alpha value is -7.08. The zero-order valence-electron chi connectivity index (χ0n) is 38.4. The summed E-state index contributed by atoms with van der Waals surface area (Å²) in [5.41, 5.74) is 2.85. The second kappa shape index (κ2) is 27.9. The molecule has 71 heavy (non-hydrogen) atoms. The Morgan fingerprint density at radius 2 is 1.03 bits per heavy atom. The first-order valence-electron chi connectivity index (χ1n) is 21.8. The molecule has 0 saturated heterocycles. The van der Waals surface area contributed by atoms with Crippen LogP contribution in [0.1, 0.15) is 37.3 Å². The number of carboxylic acid groups (broad SMARTS) is 3. The Balaban J connectivity index is 0.000000246. The fourth-order valence-electron chi connectivity index (χ4n) is 6.44. The van der Waals surface area contributed by atoms with E-state index in [9.17, 15) is 39.6 Å².